The first-order valence-corrected chi connectivity index (χ1v) is 13.5. The molecule has 0 bridgehead atoms. The number of nitrogens with zero attached hydrogens (tertiary/aromatic N) is 2. The molecule has 2 aliphatic heterocycles. The van der Waals surface area contributed by atoms with Crippen LogP contribution in [0.4, 0.5) is 5.69 Å². The van der Waals surface area contributed by atoms with Gasteiger partial charge in [0.2, 0.25) is 0 Å². The van der Waals surface area contributed by atoms with Crippen molar-refractivity contribution in [1.29, 1.82) is 0 Å². The van der Waals surface area contributed by atoms with Crippen LogP contribution in [0.5, 0.6) is 23.0 Å². The van der Waals surface area contributed by atoms with Gasteiger partial charge in [-0.2, -0.15) is 10.1 Å². The van der Waals surface area contributed by atoms with Crippen LogP contribution in [0.15, 0.2) is 84.0 Å². The van der Waals surface area contributed by atoms with Gasteiger partial charge in [-0.25, -0.2) is 4.79 Å². The monoisotopic (exact) mass is 574 g/mol. The number of esters is 1. The number of rotatable bonds is 4. The molecule has 0 aliphatic carbocycles. The van der Waals surface area contributed by atoms with Gasteiger partial charge in [0.1, 0.15) is 26.4 Å². The summed E-state index contributed by atoms with van der Waals surface area (Å²) in [7, 11) is 0. The molecule has 3 aromatic rings. The molecule has 0 N–H and O–H groups in total. The van der Waals surface area contributed by atoms with Crippen LogP contribution in [0.2, 0.25) is 0 Å². The number of fused-ring (bicyclic) bond motifs is 2. The van der Waals surface area contributed by atoms with Crippen LogP contribution in [-0.2, 0) is 23.9 Å². The number of hydrogen-bond donors (Lipinski definition) is 0. The molecule has 0 spiro atoms. The lowest BCUT2D eigenvalue weighted by molar-refractivity contribution is -0.161. The van der Waals surface area contributed by atoms with Gasteiger partial charge in [-0.15, -0.1) is 0 Å². The molecule has 0 saturated heterocycles. The van der Waals surface area contributed by atoms with Gasteiger partial charge in [0.05, 0.1) is 24.6 Å². The van der Waals surface area contributed by atoms with E-state index in [1.807, 2.05) is 0 Å². The Morgan fingerprint density at radius 3 is 1.79 bits per heavy atom. The summed E-state index contributed by atoms with van der Waals surface area (Å²) in [6.07, 6.45) is -1.03. The summed E-state index contributed by atoms with van der Waals surface area (Å²) in [6, 6.07) is 22.7. The lowest BCUT2D eigenvalue weighted by Gasteiger charge is -2.21. The first-order chi connectivity index (χ1) is 20.5. The molecule has 0 radical (unpaired) electrons. The molecular weight excluding hydrogens is 544 g/mol. The molecule has 3 aromatic carbocycles. The molecule has 0 saturated carbocycles. The minimum absolute atomic E-state index is 0.166. The summed E-state index contributed by atoms with van der Waals surface area (Å²) in [5.74, 6) is -2.48. The zero-order valence-corrected chi connectivity index (χ0v) is 23.0. The highest BCUT2D eigenvalue weighted by molar-refractivity contribution is 6.46. The van der Waals surface area contributed by atoms with Crippen molar-refractivity contribution in [3.63, 3.8) is 0 Å². The second-order valence-corrected chi connectivity index (χ2v) is 9.38. The van der Waals surface area contributed by atoms with Gasteiger partial charge < -0.3 is 28.4 Å². The first kappa shape index (κ1) is 28.6. The van der Waals surface area contributed by atoms with Crippen LogP contribution in [0.1, 0.15) is 6.92 Å². The van der Waals surface area contributed by atoms with E-state index in [-0.39, 0.29) is 32.1 Å². The number of carbonyl (C=O) groups excluding carboxylic acids is 3. The van der Waals surface area contributed by atoms with Crippen LogP contribution in [0, 0.1) is 5.92 Å². The van der Waals surface area contributed by atoms with Crippen LogP contribution in [0.3, 0.4) is 0 Å². The first-order valence-electron chi connectivity index (χ1n) is 13.5. The largest absolute Gasteiger partial charge is 0.487 e. The minimum atomic E-state index is -1.39. The quantitative estimate of drug-likeness (QED) is 0.262. The number of anilines is 1. The van der Waals surface area contributed by atoms with Crippen LogP contribution < -0.4 is 24.0 Å². The number of para-hydroxylation sites is 5. The fraction of sp³-hybridized carbons (Fsp3) is 0.290. The van der Waals surface area contributed by atoms with Crippen molar-refractivity contribution in [2.45, 2.75) is 13.0 Å². The van der Waals surface area contributed by atoms with Gasteiger partial charge in [0.25, 0.3) is 11.7 Å². The Labute approximate surface area is 242 Å². The molecule has 0 aromatic heterocycles. The highest BCUT2D eigenvalue weighted by Crippen LogP contribution is 2.29. The number of hydrogen-bond acceptors (Lipinski definition) is 10. The van der Waals surface area contributed by atoms with E-state index in [0.29, 0.717) is 41.9 Å². The Hall–Kier alpha value is -4.90. The van der Waals surface area contributed by atoms with Gasteiger partial charge in [0.15, 0.2) is 35.0 Å². The van der Waals surface area contributed by atoms with E-state index in [1.54, 1.807) is 78.9 Å². The average molecular weight is 575 g/mol. The highest BCUT2D eigenvalue weighted by atomic mass is 16.6. The molecule has 11 nitrogen and oxygen atoms in total. The van der Waals surface area contributed by atoms with Crippen molar-refractivity contribution in [3.8, 4) is 23.0 Å². The number of Topliss-reactive ketones (excluding diaryl/α,β-unsaturated/α-hetero) is 1. The summed E-state index contributed by atoms with van der Waals surface area (Å²) in [5, 5.41) is 5.32. The Balaban J connectivity index is 1.32. The fourth-order valence-corrected chi connectivity index (χ4v) is 4.33. The standard InChI is InChI=1S/C31H30N2O9/c1-21-28(30(35)33(32-21)22-9-3-2-4-10-22)29(34)31(36)42-23-19-40-26-13-7-5-11-24(26)38-17-15-37-16-18-39-25-12-6-8-14-27(25)41-20-23/h2-14,23,28H,15-20H2,1H3. The summed E-state index contributed by atoms with van der Waals surface area (Å²) in [4.78, 5) is 39.4. The molecule has 11 heteroatoms. The maximum Gasteiger partial charge on any atom is 0.376 e. The van der Waals surface area contributed by atoms with E-state index in [4.69, 9.17) is 28.4 Å². The zero-order chi connectivity index (χ0) is 29.3. The molecule has 0 fully saturated rings. The van der Waals surface area contributed by atoms with Crippen molar-refractivity contribution in [3.05, 3.63) is 78.9 Å². The van der Waals surface area contributed by atoms with E-state index < -0.39 is 29.7 Å². The van der Waals surface area contributed by atoms with Gasteiger partial charge in [-0.05, 0) is 43.3 Å². The van der Waals surface area contributed by atoms with E-state index in [9.17, 15) is 14.4 Å². The third kappa shape index (κ3) is 6.87. The molecule has 218 valence electrons. The molecular formula is C31H30N2O9. The predicted molar refractivity (Wildman–Crippen MR) is 151 cm³/mol. The maximum atomic E-state index is 13.2. The number of carbonyl (C=O) groups is 3. The van der Waals surface area contributed by atoms with E-state index in [2.05, 4.69) is 5.10 Å². The summed E-state index contributed by atoms with van der Waals surface area (Å²) < 4.78 is 34.6. The molecule has 1 unspecified atom stereocenters. The second kappa shape index (κ2) is 13.6. The summed E-state index contributed by atoms with van der Waals surface area (Å²) in [5.41, 5.74) is 0.676. The van der Waals surface area contributed by atoms with Crippen molar-refractivity contribution in [1.82, 2.24) is 0 Å². The molecule has 2 heterocycles. The lowest BCUT2D eigenvalue weighted by Crippen LogP contribution is -2.40. The van der Waals surface area contributed by atoms with Crippen LogP contribution >= 0.6 is 0 Å². The third-order valence-corrected chi connectivity index (χ3v) is 6.39. The smallest absolute Gasteiger partial charge is 0.376 e. The molecule has 1 amide bonds. The average Bonchev–Trinajstić information content (AvgIpc) is 3.31. The number of ketones is 1. The Bertz CT molecular complexity index is 1390. The van der Waals surface area contributed by atoms with Crippen molar-refractivity contribution >= 4 is 29.1 Å². The van der Waals surface area contributed by atoms with Crippen LogP contribution in [-0.4, -0.2) is 69.1 Å². The van der Waals surface area contributed by atoms with Gasteiger partial charge in [0, 0.05) is 0 Å². The SMILES string of the molecule is CC1=NN(c2ccccc2)C(=O)C1C(=O)C(=O)OC1COc2ccccc2OCCOCCOc2ccccc2OC1. The van der Waals surface area contributed by atoms with E-state index in [0.717, 1.165) is 5.01 Å². The normalized spacial score (nSPS) is 18.2. The number of ether oxygens (including phenoxy) is 6. The number of hydrazone groups is 1. The Kier molecular flexibility index (Phi) is 9.30. The topological polar surface area (TPSA) is 122 Å². The van der Waals surface area contributed by atoms with Gasteiger partial charge >= 0.3 is 5.97 Å². The predicted octanol–water partition coefficient (Wildman–Crippen LogP) is 3.45. The summed E-state index contributed by atoms with van der Waals surface area (Å²) in [6.45, 7) is 2.42. The van der Waals surface area contributed by atoms with E-state index >= 15 is 0 Å². The van der Waals surface area contributed by atoms with Gasteiger partial charge in [-0.1, -0.05) is 42.5 Å². The molecule has 5 rings (SSSR count). The third-order valence-electron chi connectivity index (χ3n) is 6.39. The maximum absolute atomic E-state index is 13.2. The molecule has 2 aliphatic rings. The zero-order valence-electron chi connectivity index (χ0n) is 23.0. The van der Waals surface area contributed by atoms with Crippen molar-refractivity contribution in [2.75, 3.05) is 44.7 Å². The van der Waals surface area contributed by atoms with Gasteiger partial charge in [-0.3, -0.25) is 9.59 Å². The van der Waals surface area contributed by atoms with Crippen molar-refractivity contribution in [2.24, 2.45) is 11.0 Å². The number of benzene rings is 3. The van der Waals surface area contributed by atoms with E-state index in [1.165, 1.54) is 6.92 Å². The van der Waals surface area contributed by atoms with Crippen LogP contribution in [0.25, 0.3) is 0 Å². The minimum Gasteiger partial charge on any atom is -0.487 e. The Morgan fingerprint density at radius 2 is 1.24 bits per heavy atom. The number of amides is 1. The highest BCUT2D eigenvalue weighted by Gasteiger charge is 2.43. The Morgan fingerprint density at radius 1 is 0.738 bits per heavy atom. The fourth-order valence-electron chi connectivity index (χ4n) is 4.33. The second-order valence-electron chi connectivity index (χ2n) is 9.38. The molecule has 42 heavy (non-hydrogen) atoms. The lowest BCUT2D eigenvalue weighted by atomic mass is 9.99. The summed E-state index contributed by atoms with van der Waals surface area (Å²) >= 11 is 0. The van der Waals surface area contributed by atoms with Crippen molar-refractivity contribution < 1.29 is 42.8 Å². The molecule has 1 atom stereocenters.